The fourth-order valence-electron chi connectivity index (χ4n) is 3.16. The summed E-state index contributed by atoms with van der Waals surface area (Å²) in [6.45, 7) is 4.15. The number of aromatic nitrogens is 3. The fourth-order valence-corrected chi connectivity index (χ4v) is 4.11. The molecule has 0 unspecified atom stereocenters. The highest BCUT2D eigenvalue weighted by Crippen LogP contribution is 2.30. The largest absolute Gasteiger partial charge is 0.270 e. The third-order valence-electron chi connectivity index (χ3n) is 4.70. The lowest BCUT2D eigenvalue weighted by molar-refractivity contribution is 0.885. The second kappa shape index (κ2) is 8.34. The zero-order valence-electron chi connectivity index (χ0n) is 16.3. The van der Waals surface area contributed by atoms with Crippen LogP contribution >= 0.6 is 11.8 Å². The van der Waals surface area contributed by atoms with Crippen molar-refractivity contribution in [2.24, 2.45) is 0 Å². The van der Waals surface area contributed by atoms with E-state index >= 15 is 0 Å². The second-order valence-electron chi connectivity index (χ2n) is 6.90. The normalized spacial score (nSPS) is 10.7. The molecule has 0 bridgehead atoms. The van der Waals surface area contributed by atoms with Gasteiger partial charge in [0.1, 0.15) is 0 Å². The van der Waals surface area contributed by atoms with Crippen LogP contribution < -0.4 is 0 Å². The van der Waals surface area contributed by atoms with Crippen LogP contribution in [0.5, 0.6) is 0 Å². The van der Waals surface area contributed by atoms with Crippen LogP contribution in [0, 0.1) is 25.2 Å². The Morgan fingerprint density at radius 1 is 0.897 bits per heavy atom. The van der Waals surface area contributed by atoms with E-state index in [2.05, 4.69) is 77.1 Å². The Morgan fingerprint density at radius 3 is 2.45 bits per heavy atom. The molecule has 0 fully saturated rings. The average molecular weight is 397 g/mol. The van der Waals surface area contributed by atoms with E-state index in [1.54, 1.807) is 11.8 Å². The summed E-state index contributed by atoms with van der Waals surface area (Å²) < 4.78 is 2.09. The lowest BCUT2D eigenvalue weighted by atomic mass is 10.1. The number of hydrogen-bond donors (Lipinski definition) is 0. The molecule has 0 amide bonds. The summed E-state index contributed by atoms with van der Waals surface area (Å²) in [5.41, 5.74) is 6.13. The molecule has 0 aliphatic heterocycles. The molecule has 29 heavy (non-hydrogen) atoms. The van der Waals surface area contributed by atoms with Gasteiger partial charge in [-0.2, -0.15) is 5.26 Å². The molecule has 1 aromatic heterocycles. The summed E-state index contributed by atoms with van der Waals surface area (Å²) in [6.07, 6.45) is 0. The summed E-state index contributed by atoms with van der Waals surface area (Å²) in [4.78, 5) is 0. The number of nitriles is 1. The predicted molar refractivity (Wildman–Crippen MR) is 117 cm³/mol. The van der Waals surface area contributed by atoms with E-state index in [1.807, 2.05) is 30.3 Å². The Morgan fingerprint density at radius 2 is 1.69 bits per heavy atom. The van der Waals surface area contributed by atoms with Crippen LogP contribution in [0.4, 0.5) is 0 Å². The standard InChI is InChI=1S/C24H20N4S/c1-17-10-12-22(13-11-17)28-23(19-9-5-6-18(2)14-19)26-27-24(28)29-16-21-8-4-3-7-20(21)15-25/h3-14H,16H2,1-2H3. The topological polar surface area (TPSA) is 54.5 Å². The molecule has 0 spiro atoms. The zero-order chi connectivity index (χ0) is 20.2. The van der Waals surface area contributed by atoms with E-state index < -0.39 is 0 Å². The van der Waals surface area contributed by atoms with Gasteiger partial charge in [0.05, 0.1) is 11.6 Å². The third kappa shape index (κ3) is 4.08. The molecule has 1 heterocycles. The molecular formula is C24H20N4S. The lowest BCUT2D eigenvalue weighted by Gasteiger charge is -2.11. The lowest BCUT2D eigenvalue weighted by Crippen LogP contribution is -2.00. The van der Waals surface area contributed by atoms with Crippen LogP contribution in [0.3, 0.4) is 0 Å². The van der Waals surface area contributed by atoms with Crippen molar-refractivity contribution in [1.82, 2.24) is 14.8 Å². The number of thioether (sulfide) groups is 1. The number of benzene rings is 3. The molecule has 0 N–H and O–H groups in total. The Kier molecular flexibility index (Phi) is 5.46. The van der Waals surface area contributed by atoms with E-state index in [0.717, 1.165) is 27.8 Å². The van der Waals surface area contributed by atoms with Crippen molar-refractivity contribution >= 4 is 11.8 Å². The molecule has 142 valence electrons. The van der Waals surface area contributed by atoms with Gasteiger partial charge < -0.3 is 0 Å². The minimum atomic E-state index is 0.654. The van der Waals surface area contributed by atoms with Crippen molar-refractivity contribution < 1.29 is 0 Å². The Balaban J connectivity index is 1.76. The monoisotopic (exact) mass is 396 g/mol. The van der Waals surface area contributed by atoms with E-state index in [-0.39, 0.29) is 0 Å². The molecule has 5 heteroatoms. The predicted octanol–water partition coefficient (Wildman–Crippen LogP) is 5.72. The number of aryl methyl sites for hydroxylation is 2. The Hall–Kier alpha value is -3.36. The van der Waals surface area contributed by atoms with Crippen LogP contribution in [-0.4, -0.2) is 14.8 Å². The fraction of sp³-hybridized carbons (Fsp3) is 0.125. The zero-order valence-corrected chi connectivity index (χ0v) is 17.1. The van der Waals surface area contributed by atoms with Gasteiger partial charge >= 0.3 is 0 Å². The van der Waals surface area contributed by atoms with E-state index in [1.165, 1.54) is 11.1 Å². The van der Waals surface area contributed by atoms with Gasteiger partial charge in [-0.15, -0.1) is 10.2 Å². The summed E-state index contributed by atoms with van der Waals surface area (Å²) in [6, 6.07) is 26.6. The molecule has 0 aliphatic carbocycles. The van der Waals surface area contributed by atoms with Crippen molar-refractivity contribution in [1.29, 1.82) is 5.26 Å². The first kappa shape index (κ1) is 19.0. The minimum Gasteiger partial charge on any atom is -0.270 e. The van der Waals surface area contributed by atoms with Crippen LogP contribution in [0.1, 0.15) is 22.3 Å². The van der Waals surface area contributed by atoms with Gasteiger partial charge in [-0.1, -0.05) is 71.4 Å². The van der Waals surface area contributed by atoms with Gasteiger partial charge in [0.15, 0.2) is 11.0 Å². The molecule has 0 saturated heterocycles. The molecule has 0 saturated carbocycles. The van der Waals surface area contributed by atoms with Crippen molar-refractivity contribution in [3.63, 3.8) is 0 Å². The highest BCUT2D eigenvalue weighted by Gasteiger charge is 2.17. The van der Waals surface area contributed by atoms with Crippen LogP contribution in [-0.2, 0) is 5.75 Å². The van der Waals surface area contributed by atoms with E-state index in [0.29, 0.717) is 11.3 Å². The van der Waals surface area contributed by atoms with Crippen LogP contribution in [0.25, 0.3) is 17.1 Å². The highest BCUT2D eigenvalue weighted by molar-refractivity contribution is 7.98. The van der Waals surface area contributed by atoms with E-state index in [4.69, 9.17) is 0 Å². The summed E-state index contributed by atoms with van der Waals surface area (Å²) in [7, 11) is 0. The first-order valence-corrected chi connectivity index (χ1v) is 10.3. The Labute approximate surface area is 174 Å². The molecule has 0 atom stereocenters. The Bertz CT molecular complexity index is 1190. The first-order valence-electron chi connectivity index (χ1n) is 9.36. The molecule has 4 aromatic rings. The smallest absolute Gasteiger partial charge is 0.196 e. The van der Waals surface area contributed by atoms with Gasteiger partial charge in [0, 0.05) is 17.0 Å². The summed E-state index contributed by atoms with van der Waals surface area (Å²) >= 11 is 1.59. The average Bonchev–Trinajstić information content (AvgIpc) is 3.17. The number of hydrogen-bond acceptors (Lipinski definition) is 4. The number of nitrogens with zero attached hydrogens (tertiary/aromatic N) is 4. The maximum absolute atomic E-state index is 9.36. The van der Waals surface area contributed by atoms with Crippen molar-refractivity contribution in [2.75, 3.05) is 0 Å². The van der Waals surface area contributed by atoms with Gasteiger partial charge in [0.25, 0.3) is 0 Å². The molecule has 4 rings (SSSR count). The van der Waals surface area contributed by atoms with Gasteiger partial charge in [-0.05, 0) is 43.7 Å². The maximum Gasteiger partial charge on any atom is 0.196 e. The van der Waals surface area contributed by atoms with Crippen molar-refractivity contribution in [2.45, 2.75) is 24.8 Å². The molecular weight excluding hydrogens is 376 g/mol. The quantitative estimate of drug-likeness (QED) is 0.405. The highest BCUT2D eigenvalue weighted by atomic mass is 32.2. The van der Waals surface area contributed by atoms with E-state index in [9.17, 15) is 5.26 Å². The minimum absolute atomic E-state index is 0.654. The van der Waals surface area contributed by atoms with Crippen molar-refractivity contribution in [3.05, 3.63) is 95.1 Å². The van der Waals surface area contributed by atoms with Gasteiger partial charge in [-0.25, -0.2) is 0 Å². The molecule has 3 aromatic carbocycles. The van der Waals surface area contributed by atoms with Gasteiger partial charge in [0.2, 0.25) is 0 Å². The molecule has 0 radical (unpaired) electrons. The summed E-state index contributed by atoms with van der Waals surface area (Å²) in [5.74, 6) is 1.47. The van der Waals surface area contributed by atoms with Crippen molar-refractivity contribution in [3.8, 4) is 23.1 Å². The van der Waals surface area contributed by atoms with Crippen LogP contribution in [0.2, 0.25) is 0 Å². The molecule has 0 aliphatic rings. The van der Waals surface area contributed by atoms with Crippen LogP contribution in [0.15, 0.2) is 78.0 Å². The first-order chi connectivity index (χ1) is 14.2. The van der Waals surface area contributed by atoms with Gasteiger partial charge in [-0.3, -0.25) is 4.57 Å². The third-order valence-corrected chi connectivity index (χ3v) is 5.67. The maximum atomic E-state index is 9.36. The summed E-state index contributed by atoms with van der Waals surface area (Å²) in [5, 5.41) is 19.2. The SMILES string of the molecule is Cc1ccc(-n2c(SCc3ccccc3C#N)nnc2-c2cccc(C)c2)cc1. The molecule has 4 nitrogen and oxygen atoms in total. The second-order valence-corrected chi connectivity index (χ2v) is 7.85. The number of rotatable bonds is 5.